The summed E-state index contributed by atoms with van der Waals surface area (Å²) in [5, 5.41) is 7.29. The Hall–Kier alpha value is -0.760. The highest BCUT2D eigenvalue weighted by Gasteiger charge is 2.20. The Kier molecular flexibility index (Phi) is 4.50. The average Bonchev–Trinajstić information content (AvgIpc) is 2.92. The zero-order valence-electron chi connectivity index (χ0n) is 10.3. The molecule has 2 aromatic heterocycles. The predicted octanol–water partition coefficient (Wildman–Crippen LogP) is 2.11. The van der Waals surface area contributed by atoms with Gasteiger partial charge >= 0.3 is 0 Å². The van der Waals surface area contributed by atoms with Gasteiger partial charge in [0.1, 0.15) is 0 Å². The average molecular weight is 331 g/mol. The number of rotatable bonds is 5. The quantitative estimate of drug-likeness (QED) is 0.911. The second-order valence-corrected chi connectivity index (χ2v) is 5.78. The molecular weight excluding hydrogens is 316 g/mol. The maximum Gasteiger partial charge on any atom is 0.0917 e. The standard InChI is InChI=1S/C11H15BrN4OS/c1-7-15-9(6-18-7)10(13)11-8(12)5-14-16(11)3-4-17-2/h5-6,10H,3-4,13H2,1-2H3. The zero-order chi connectivity index (χ0) is 13.1. The second kappa shape index (κ2) is 5.92. The molecule has 2 N–H and O–H groups in total. The molecule has 0 saturated carbocycles. The van der Waals surface area contributed by atoms with Crippen molar-refractivity contribution in [3.63, 3.8) is 0 Å². The van der Waals surface area contributed by atoms with Crippen LogP contribution >= 0.6 is 27.3 Å². The predicted molar refractivity (Wildman–Crippen MR) is 74.7 cm³/mol. The van der Waals surface area contributed by atoms with Crippen LogP contribution in [0.25, 0.3) is 0 Å². The first kappa shape index (κ1) is 13.7. The molecule has 0 saturated heterocycles. The summed E-state index contributed by atoms with van der Waals surface area (Å²) >= 11 is 5.08. The van der Waals surface area contributed by atoms with Crippen LogP contribution in [-0.2, 0) is 11.3 Å². The first-order chi connectivity index (χ1) is 8.63. The van der Waals surface area contributed by atoms with Crippen molar-refractivity contribution in [3.05, 3.63) is 32.4 Å². The number of thiazole rings is 1. The number of nitrogens with zero attached hydrogens (tertiary/aromatic N) is 3. The normalized spacial score (nSPS) is 12.9. The van der Waals surface area contributed by atoms with E-state index in [1.165, 1.54) is 0 Å². The van der Waals surface area contributed by atoms with E-state index in [0.29, 0.717) is 13.2 Å². The zero-order valence-corrected chi connectivity index (χ0v) is 12.7. The van der Waals surface area contributed by atoms with Crippen LogP contribution in [-0.4, -0.2) is 28.5 Å². The van der Waals surface area contributed by atoms with E-state index in [4.69, 9.17) is 10.5 Å². The Labute approximate surface area is 118 Å². The number of aryl methyl sites for hydroxylation is 1. The highest BCUT2D eigenvalue weighted by molar-refractivity contribution is 9.10. The molecule has 0 spiro atoms. The summed E-state index contributed by atoms with van der Waals surface area (Å²) in [6, 6.07) is -0.274. The van der Waals surface area contributed by atoms with Crippen LogP contribution in [0.5, 0.6) is 0 Å². The molecule has 0 radical (unpaired) electrons. The molecule has 98 valence electrons. The first-order valence-electron chi connectivity index (χ1n) is 5.51. The molecule has 0 amide bonds. The molecule has 2 aromatic rings. The van der Waals surface area contributed by atoms with E-state index in [1.807, 2.05) is 17.0 Å². The fourth-order valence-electron chi connectivity index (χ4n) is 1.70. The van der Waals surface area contributed by atoms with Crippen LogP contribution in [0.1, 0.15) is 22.4 Å². The van der Waals surface area contributed by atoms with Crippen LogP contribution in [0, 0.1) is 6.92 Å². The van der Waals surface area contributed by atoms with Crippen molar-refractivity contribution in [1.82, 2.24) is 14.8 Å². The van der Waals surface area contributed by atoms with Crippen molar-refractivity contribution < 1.29 is 4.74 Å². The van der Waals surface area contributed by atoms with Gasteiger partial charge in [0.2, 0.25) is 0 Å². The molecule has 0 aliphatic rings. The van der Waals surface area contributed by atoms with Crippen LogP contribution in [0.3, 0.4) is 0 Å². The number of hydrogen-bond donors (Lipinski definition) is 1. The Bertz CT molecular complexity index is 525. The van der Waals surface area contributed by atoms with Crippen LogP contribution < -0.4 is 5.73 Å². The van der Waals surface area contributed by atoms with Gasteiger partial charge in [-0.15, -0.1) is 11.3 Å². The minimum absolute atomic E-state index is 0.274. The molecule has 0 bridgehead atoms. The van der Waals surface area contributed by atoms with Crippen molar-refractivity contribution in [2.45, 2.75) is 19.5 Å². The number of ether oxygens (including phenoxy) is 1. The summed E-state index contributed by atoms with van der Waals surface area (Å²) in [6.07, 6.45) is 1.75. The summed E-state index contributed by atoms with van der Waals surface area (Å²) in [7, 11) is 1.67. The Morgan fingerprint density at radius 2 is 2.39 bits per heavy atom. The molecule has 0 aliphatic heterocycles. The topological polar surface area (TPSA) is 66.0 Å². The van der Waals surface area contributed by atoms with Crippen molar-refractivity contribution in [2.24, 2.45) is 5.73 Å². The van der Waals surface area contributed by atoms with Gasteiger partial charge in [0, 0.05) is 12.5 Å². The lowest BCUT2D eigenvalue weighted by atomic mass is 10.1. The maximum absolute atomic E-state index is 6.26. The van der Waals surface area contributed by atoms with Gasteiger partial charge in [-0.3, -0.25) is 4.68 Å². The smallest absolute Gasteiger partial charge is 0.0917 e. The Morgan fingerprint density at radius 3 is 3.00 bits per heavy atom. The third kappa shape index (κ3) is 2.80. The van der Waals surface area contributed by atoms with Gasteiger partial charge in [-0.25, -0.2) is 4.98 Å². The van der Waals surface area contributed by atoms with E-state index >= 15 is 0 Å². The van der Waals surface area contributed by atoms with Crippen molar-refractivity contribution in [2.75, 3.05) is 13.7 Å². The molecule has 1 unspecified atom stereocenters. The Balaban J connectivity index is 2.28. The van der Waals surface area contributed by atoms with Gasteiger partial charge in [0.05, 0.1) is 46.3 Å². The molecule has 2 rings (SSSR count). The summed E-state index contributed by atoms with van der Waals surface area (Å²) in [6.45, 7) is 3.25. The molecule has 0 fully saturated rings. The highest BCUT2D eigenvalue weighted by Crippen LogP contribution is 2.27. The molecule has 7 heteroatoms. The van der Waals surface area contributed by atoms with Gasteiger partial charge in [0.25, 0.3) is 0 Å². The molecule has 2 heterocycles. The van der Waals surface area contributed by atoms with Crippen LogP contribution in [0.4, 0.5) is 0 Å². The highest BCUT2D eigenvalue weighted by atomic mass is 79.9. The third-order valence-corrected chi connectivity index (χ3v) is 3.99. The van der Waals surface area contributed by atoms with Crippen molar-refractivity contribution >= 4 is 27.3 Å². The molecule has 18 heavy (non-hydrogen) atoms. The minimum Gasteiger partial charge on any atom is -0.383 e. The molecule has 0 aromatic carbocycles. The fraction of sp³-hybridized carbons (Fsp3) is 0.455. The molecule has 1 atom stereocenters. The SMILES string of the molecule is COCCn1ncc(Br)c1C(N)c1csc(C)n1. The Morgan fingerprint density at radius 1 is 1.61 bits per heavy atom. The van der Waals surface area contributed by atoms with Crippen molar-refractivity contribution in [3.8, 4) is 0 Å². The number of halogens is 1. The van der Waals surface area contributed by atoms with E-state index < -0.39 is 0 Å². The maximum atomic E-state index is 6.26. The molecular formula is C11H15BrN4OS. The summed E-state index contributed by atoms with van der Waals surface area (Å²) in [5.74, 6) is 0. The van der Waals surface area contributed by atoms with E-state index in [1.54, 1.807) is 24.6 Å². The number of aromatic nitrogens is 3. The van der Waals surface area contributed by atoms with Gasteiger partial charge in [0.15, 0.2) is 0 Å². The van der Waals surface area contributed by atoms with Gasteiger partial charge in [-0.1, -0.05) is 0 Å². The van der Waals surface area contributed by atoms with Gasteiger partial charge in [-0.05, 0) is 22.9 Å². The van der Waals surface area contributed by atoms with Gasteiger partial charge < -0.3 is 10.5 Å². The van der Waals surface area contributed by atoms with E-state index in [-0.39, 0.29) is 6.04 Å². The fourth-order valence-corrected chi connectivity index (χ4v) is 2.89. The lowest BCUT2D eigenvalue weighted by molar-refractivity contribution is 0.182. The van der Waals surface area contributed by atoms with Gasteiger partial charge in [-0.2, -0.15) is 5.10 Å². The molecule has 0 aliphatic carbocycles. The van der Waals surface area contributed by atoms with E-state index in [9.17, 15) is 0 Å². The minimum atomic E-state index is -0.274. The lowest BCUT2D eigenvalue weighted by Crippen LogP contribution is -2.19. The third-order valence-electron chi connectivity index (χ3n) is 2.59. The van der Waals surface area contributed by atoms with Crippen LogP contribution in [0.2, 0.25) is 0 Å². The number of hydrogen-bond acceptors (Lipinski definition) is 5. The summed E-state index contributed by atoms with van der Waals surface area (Å²) in [4.78, 5) is 4.43. The second-order valence-electron chi connectivity index (χ2n) is 3.86. The van der Waals surface area contributed by atoms with Crippen LogP contribution in [0.15, 0.2) is 16.0 Å². The van der Waals surface area contributed by atoms with Crippen molar-refractivity contribution in [1.29, 1.82) is 0 Å². The summed E-state index contributed by atoms with van der Waals surface area (Å²) < 4.78 is 7.82. The largest absolute Gasteiger partial charge is 0.383 e. The van der Waals surface area contributed by atoms with E-state index in [2.05, 4.69) is 26.0 Å². The number of nitrogens with two attached hydrogens (primary N) is 1. The molecule has 5 nitrogen and oxygen atoms in total. The number of methoxy groups -OCH3 is 1. The van der Waals surface area contributed by atoms with E-state index in [0.717, 1.165) is 20.9 Å². The lowest BCUT2D eigenvalue weighted by Gasteiger charge is -2.13. The first-order valence-corrected chi connectivity index (χ1v) is 7.18. The monoisotopic (exact) mass is 330 g/mol. The summed E-state index contributed by atoms with van der Waals surface area (Å²) in [5.41, 5.74) is 8.06.